The molecule has 1 amide bonds. The molecule has 0 spiro atoms. The summed E-state index contributed by atoms with van der Waals surface area (Å²) >= 11 is 3.55. The molecule has 110 valence electrons. The fourth-order valence-corrected chi connectivity index (χ4v) is 4.05. The molecule has 0 bridgehead atoms. The van der Waals surface area contributed by atoms with Crippen LogP contribution in [-0.2, 0) is 11.3 Å². The Labute approximate surface area is 133 Å². The van der Waals surface area contributed by atoms with Crippen molar-refractivity contribution in [2.75, 3.05) is 23.7 Å². The molecule has 1 N–H and O–H groups in total. The van der Waals surface area contributed by atoms with Gasteiger partial charge in [0.05, 0.1) is 18.8 Å². The van der Waals surface area contributed by atoms with Crippen molar-refractivity contribution in [3.8, 4) is 0 Å². The Morgan fingerprint density at radius 2 is 2.14 bits per heavy atom. The third kappa shape index (κ3) is 3.80. The maximum atomic E-state index is 12.2. The number of thiophene rings is 1. The molecule has 2 aromatic rings. The Balaban J connectivity index is 1.62. The molecule has 0 saturated carbocycles. The summed E-state index contributed by atoms with van der Waals surface area (Å²) in [6, 6.07) is 12.4. The van der Waals surface area contributed by atoms with E-state index in [-0.39, 0.29) is 5.91 Å². The van der Waals surface area contributed by atoms with Crippen molar-refractivity contribution in [3.05, 3.63) is 46.7 Å². The molecular formula is C16H18N2OS2. The van der Waals surface area contributed by atoms with Gasteiger partial charge in [-0.1, -0.05) is 18.2 Å². The number of fused-ring (bicyclic) bond motifs is 1. The smallest absolute Gasteiger partial charge is 0.239 e. The fraction of sp³-hybridized carbons (Fsp3) is 0.312. The van der Waals surface area contributed by atoms with Crippen LogP contribution >= 0.6 is 23.1 Å². The summed E-state index contributed by atoms with van der Waals surface area (Å²) in [5.74, 6) is 1.20. The van der Waals surface area contributed by atoms with E-state index in [1.807, 2.05) is 35.3 Å². The third-order valence-corrected chi connectivity index (χ3v) is 5.44. The highest BCUT2D eigenvalue weighted by Crippen LogP contribution is 2.33. The van der Waals surface area contributed by atoms with Crippen LogP contribution in [0.3, 0.4) is 0 Å². The molecule has 3 nitrogen and oxygen atoms in total. The normalized spacial score (nSPS) is 14.4. The third-order valence-electron chi connectivity index (χ3n) is 3.41. The highest BCUT2D eigenvalue weighted by molar-refractivity contribution is 7.99. The Bertz CT molecular complexity index is 598. The van der Waals surface area contributed by atoms with Gasteiger partial charge in [-0.3, -0.25) is 4.79 Å². The quantitative estimate of drug-likeness (QED) is 0.938. The molecule has 1 aromatic carbocycles. The molecule has 0 aliphatic carbocycles. The van der Waals surface area contributed by atoms with Crippen LogP contribution in [0.1, 0.15) is 11.3 Å². The second-order valence-electron chi connectivity index (χ2n) is 4.95. The lowest BCUT2D eigenvalue weighted by Gasteiger charge is -2.23. The summed E-state index contributed by atoms with van der Waals surface area (Å²) in [5.41, 5.74) is 1.19. The molecule has 1 aromatic heterocycles. The lowest BCUT2D eigenvalue weighted by Crippen LogP contribution is -2.37. The Morgan fingerprint density at radius 1 is 1.24 bits per heavy atom. The number of nitrogens with one attached hydrogen (secondary N) is 1. The van der Waals surface area contributed by atoms with Gasteiger partial charge >= 0.3 is 0 Å². The number of hydrogen-bond donors (Lipinski definition) is 1. The zero-order valence-corrected chi connectivity index (χ0v) is 13.4. The number of thioether (sulfide) groups is 1. The lowest BCUT2D eigenvalue weighted by atomic mass is 10.2. The van der Waals surface area contributed by atoms with Gasteiger partial charge in [0.25, 0.3) is 0 Å². The van der Waals surface area contributed by atoms with Gasteiger partial charge in [-0.25, -0.2) is 0 Å². The second kappa shape index (κ2) is 7.00. The van der Waals surface area contributed by atoms with Crippen LogP contribution in [0.2, 0.25) is 0 Å². The van der Waals surface area contributed by atoms with Crippen molar-refractivity contribution in [2.45, 2.75) is 17.9 Å². The molecule has 21 heavy (non-hydrogen) atoms. The lowest BCUT2D eigenvalue weighted by molar-refractivity contribution is -0.119. The van der Waals surface area contributed by atoms with Crippen molar-refractivity contribution in [2.24, 2.45) is 0 Å². The van der Waals surface area contributed by atoms with Crippen LogP contribution in [0.4, 0.5) is 5.69 Å². The minimum atomic E-state index is 0.0881. The van der Waals surface area contributed by atoms with E-state index >= 15 is 0 Å². The largest absolute Gasteiger partial charge is 0.361 e. The highest BCUT2D eigenvalue weighted by atomic mass is 32.2. The molecule has 1 aliphatic heterocycles. The summed E-state index contributed by atoms with van der Waals surface area (Å²) < 4.78 is 0. The molecule has 1 aliphatic rings. The van der Waals surface area contributed by atoms with Crippen LogP contribution in [-0.4, -0.2) is 24.7 Å². The summed E-state index contributed by atoms with van der Waals surface area (Å²) in [7, 11) is 0. The fourth-order valence-electron chi connectivity index (χ4n) is 2.39. The van der Waals surface area contributed by atoms with Crippen molar-refractivity contribution < 1.29 is 4.79 Å². The number of benzene rings is 1. The second-order valence-corrected chi connectivity index (χ2v) is 7.12. The van der Waals surface area contributed by atoms with Crippen LogP contribution in [0, 0.1) is 0 Å². The number of nitrogens with zero attached hydrogens (tertiary/aromatic N) is 1. The maximum Gasteiger partial charge on any atom is 0.239 e. The van der Waals surface area contributed by atoms with Crippen LogP contribution in [0.25, 0.3) is 0 Å². The molecule has 0 unspecified atom stereocenters. The van der Waals surface area contributed by atoms with E-state index in [4.69, 9.17) is 0 Å². The van der Waals surface area contributed by atoms with Gasteiger partial charge in [0, 0.05) is 16.3 Å². The first-order valence-electron chi connectivity index (χ1n) is 7.09. The van der Waals surface area contributed by atoms with Crippen LogP contribution in [0.5, 0.6) is 0 Å². The minimum Gasteiger partial charge on any atom is -0.361 e. The first-order valence-corrected chi connectivity index (χ1v) is 8.95. The van der Waals surface area contributed by atoms with E-state index in [1.165, 1.54) is 15.5 Å². The molecule has 2 heterocycles. The van der Waals surface area contributed by atoms with Crippen molar-refractivity contribution in [3.63, 3.8) is 0 Å². The van der Waals surface area contributed by atoms with Gasteiger partial charge in [-0.2, -0.15) is 0 Å². The highest BCUT2D eigenvalue weighted by Gasteiger charge is 2.17. The van der Waals surface area contributed by atoms with Crippen LogP contribution < -0.4 is 10.2 Å². The molecule has 5 heteroatoms. The summed E-state index contributed by atoms with van der Waals surface area (Å²) in [5, 5.41) is 5.04. The number of carbonyl (C=O) groups is 1. The van der Waals surface area contributed by atoms with E-state index in [0.29, 0.717) is 13.1 Å². The van der Waals surface area contributed by atoms with E-state index in [2.05, 4.69) is 28.4 Å². The van der Waals surface area contributed by atoms with Gasteiger partial charge < -0.3 is 10.2 Å². The molecule has 0 atom stereocenters. The molecule has 0 radical (unpaired) electrons. The maximum absolute atomic E-state index is 12.2. The first kappa shape index (κ1) is 14.5. The monoisotopic (exact) mass is 318 g/mol. The Hall–Kier alpha value is -1.46. The Morgan fingerprint density at radius 3 is 3.00 bits per heavy atom. The average molecular weight is 318 g/mol. The number of rotatable bonds is 4. The van der Waals surface area contributed by atoms with Gasteiger partial charge in [0.2, 0.25) is 5.91 Å². The van der Waals surface area contributed by atoms with Crippen molar-refractivity contribution >= 4 is 34.7 Å². The molecule has 0 saturated heterocycles. The average Bonchev–Trinajstić information content (AvgIpc) is 2.94. The number of carbonyl (C=O) groups excluding carboxylic acids is 1. The van der Waals surface area contributed by atoms with Crippen LogP contribution in [0.15, 0.2) is 46.7 Å². The van der Waals surface area contributed by atoms with E-state index < -0.39 is 0 Å². The standard InChI is InChI=1S/C16H18N2OS2/c19-16(17-11-13-5-3-9-20-13)12-18-8-4-10-21-15-7-2-1-6-14(15)18/h1-3,5-7,9H,4,8,10-12H2,(H,17,19). The summed E-state index contributed by atoms with van der Waals surface area (Å²) in [6.07, 6.45) is 1.11. The van der Waals surface area contributed by atoms with Gasteiger partial charge in [0.1, 0.15) is 0 Å². The summed E-state index contributed by atoms with van der Waals surface area (Å²) in [4.78, 5) is 16.8. The van der Waals surface area contributed by atoms with Crippen molar-refractivity contribution in [1.82, 2.24) is 5.32 Å². The number of amides is 1. The Kier molecular flexibility index (Phi) is 4.83. The number of para-hydroxylation sites is 1. The van der Waals surface area contributed by atoms with E-state index in [1.54, 1.807) is 11.3 Å². The number of anilines is 1. The first-order chi connectivity index (χ1) is 10.3. The summed E-state index contributed by atoms with van der Waals surface area (Å²) in [6.45, 7) is 2.00. The predicted molar refractivity (Wildman–Crippen MR) is 90.2 cm³/mol. The van der Waals surface area contributed by atoms with E-state index in [9.17, 15) is 4.79 Å². The molecule has 3 rings (SSSR count). The van der Waals surface area contributed by atoms with Gasteiger partial charge in [-0.05, 0) is 35.8 Å². The topological polar surface area (TPSA) is 32.3 Å². The molecule has 0 fully saturated rings. The molecular weight excluding hydrogens is 300 g/mol. The van der Waals surface area contributed by atoms with Crippen molar-refractivity contribution in [1.29, 1.82) is 0 Å². The predicted octanol–water partition coefficient (Wildman–Crippen LogP) is 3.37. The zero-order chi connectivity index (χ0) is 14.5. The number of hydrogen-bond acceptors (Lipinski definition) is 4. The minimum absolute atomic E-state index is 0.0881. The van der Waals surface area contributed by atoms with Gasteiger partial charge in [0.15, 0.2) is 0 Å². The zero-order valence-electron chi connectivity index (χ0n) is 11.7. The SMILES string of the molecule is O=C(CN1CCCSc2ccccc21)NCc1cccs1. The van der Waals surface area contributed by atoms with E-state index in [0.717, 1.165) is 18.7 Å². The van der Waals surface area contributed by atoms with Gasteiger partial charge in [-0.15, -0.1) is 23.1 Å².